The van der Waals surface area contributed by atoms with Crippen molar-refractivity contribution in [3.8, 4) is 17.1 Å². The lowest BCUT2D eigenvalue weighted by atomic mass is 9.91. The molecular formula is C29H38N4O5. The highest BCUT2D eigenvalue weighted by atomic mass is 16.5. The number of methoxy groups -OCH3 is 1. The van der Waals surface area contributed by atoms with Crippen LogP contribution in [0, 0.1) is 0 Å². The number of aryl methyl sites for hydroxylation is 1. The van der Waals surface area contributed by atoms with E-state index in [1.165, 1.54) is 6.92 Å². The smallest absolute Gasteiger partial charge is 0.302 e. The van der Waals surface area contributed by atoms with E-state index in [-0.39, 0.29) is 18.1 Å². The molecule has 1 atom stereocenters. The quantitative estimate of drug-likeness (QED) is 0.321. The van der Waals surface area contributed by atoms with Crippen LogP contribution in [0.15, 0.2) is 29.1 Å². The number of nitrogens with zero attached hydrogens (tertiary/aromatic N) is 2. The van der Waals surface area contributed by atoms with Gasteiger partial charge < -0.3 is 25.1 Å². The number of rotatable bonds is 9. The van der Waals surface area contributed by atoms with E-state index in [1.807, 2.05) is 45.0 Å². The first-order chi connectivity index (χ1) is 18.3. The Morgan fingerprint density at radius 3 is 2.53 bits per heavy atom. The summed E-state index contributed by atoms with van der Waals surface area (Å²) in [6.07, 6.45) is 1.22. The van der Waals surface area contributed by atoms with E-state index in [0.29, 0.717) is 42.9 Å². The van der Waals surface area contributed by atoms with Gasteiger partial charge in [-0.3, -0.25) is 14.4 Å². The van der Waals surface area contributed by atoms with Crippen molar-refractivity contribution in [2.45, 2.75) is 66.5 Å². The summed E-state index contributed by atoms with van der Waals surface area (Å²) in [5.74, 6) is -0.570. The van der Waals surface area contributed by atoms with Gasteiger partial charge in [0.2, 0.25) is 5.91 Å². The Hall–Kier alpha value is -3.72. The number of fused-ring (bicyclic) bond motifs is 4. The van der Waals surface area contributed by atoms with Crippen molar-refractivity contribution in [1.82, 2.24) is 14.9 Å². The molecule has 2 aromatic heterocycles. The molecule has 0 bridgehead atoms. The number of carbonyl (C=O) groups is 2. The van der Waals surface area contributed by atoms with Crippen molar-refractivity contribution in [1.29, 1.82) is 0 Å². The molecule has 0 saturated carbocycles. The molecule has 1 aliphatic heterocycles. The molecule has 0 saturated heterocycles. The zero-order valence-electron chi connectivity index (χ0n) is 23.1. The molecule has 0 radical (unpaired) electrons. The van der Waals surface area contributed by atoms with Crippen molar-refractivity contribution < 1.29 is 19.1 Å². The summed E-state index contributed by atoms with van der Waals surface area (Å²) in [5, 5.41) is 3.82. The highest BCUT2D eigenvalue weighted by Crippen LogP contribution is 2.38. The molecule has 9 heteroatoms. The summed E-state index contributed by atoms with van der Waals surface area (Å²) >= 11 is 0. The minimum absolute atomic E-state index is 0.200. The Morgan fingerprint density at radius 1 is 1.18 bits per heavy atom. The van der Waals surface area contributed by atoms with Gasteiger partial charge in [-0.2, -0.15) is 0 Å². The SMILES string of the molecule is CC.CCc1c2c(nc3ccc(OC)cc13)-c1cc(C(CC)C(=O)NCCN)c(COC(C)=O)c(=O)n1C2. The Bertz CT molecular complexity index is 1400. The van der Waals surface area contributed by atoms with E-state index < -0.39 is 11.9 Å². The molecule has 0 aliphatic carbocycles. The largest absolute Gasteiger partial charge is 0.497 e. The molecule has 1 aliphatic rings. The summed E-state index contributed by atoms with van der Waals surface area (Å²) < 4.78 is 12.3. The van der Waals surface area contributed by atoms with Crippen LogP contribution in [0.5, 0.6) is 5.75 Å². The third-order valence-electron chi connectivity index (χ3n) is 6.72. The molecule has 3 N–H and O–H groups in total. The van der Waals surface area contributed by atoms with Gasteiger partial charge in [0, 0.05) is 31.0 Å². The zero-order valence-corrected chi connectivity index (χ0v) is 23.1. The number of esters is 1. The number of hydrogen-bond acceptors (Lipinski definition) is 7. The second kappa shape index (κ2) is 12.7. The monoisotopic (exact) mass is 522 g/mol. The Kier molecular flexibility index (Phi) is 9.63. The lowest BCUT2D eigenvalue weighted by Crippen LogP contribution is -2.35. The number of carbonyl (C=O) groups excluding carboxylic acids is 2. The molecule has 38 heavy (non-hydrogen) atoms. The first kappa shape index (κ1) is 28.8. The number of nitrogens with one attached hydrogen (secondary N) is 1. The van der Waals surface area contributed by atoms with Crippen molar-refractivity contribution in [3.63, 3.8) is 0 Å². The molecule has 204 valence electrons. The van der Waals surface area contributed by atoms with E-state index in [1.54, 1.807) is 11.7 Å². The number of ether oxygens (including phenoxy) is 2. The van der Waals surface area contributed by atoms with Crippen molar-refractivity contribution in [2.24, 2.45) is 5.73 Å². The fraction of sp³-hybridized carbons (Fsp3) is 0.448. The third kappa shape index (κ3) is 5.43. The average Bonchev–Trinajstić information content (AvgIpc) is 3.29. The third-order valence-corrected chi connectivity index (χ3v) is 6.72. The molecule has 1 amide bonds. The van der Waals surface area contributed by atoms with Gasteiger partial charge in [-0.1, -0.05) is 27.7 Å². The van der Waals surface area contributed by atoms with Crippen LogP contribution in [0.25, 0.3) is 22.3 Å². The predicted molar refractivity (Wildman–Crippen MR) is 148 cm³/mol. The van der Waals surface area contributed by atoms with Crippen molar-refractivity contribution >= 4 is 22.8 Å². The molecule has 4 rings (SSSR count). The molecule has 9 nitrogen and oxygen atoms in total. The van der Waals surface area contributed by atoms with Gasteiger partial charge in [0.1, 0.15) is 12.4 Å². The standard InChI is InChI=1S/C27H32N4O5.C2H6/c1-5-17-20-11-16(35-4)7-8-23(20)30-25-21(17)13-31-24(25)12-19(18(6-2)26(33)29-10-9-28)22(27(31)34)14-36-15(3)32;1-2/h7-8,11-12,18H,5-6,9-10,13-14,28H2,1-4H3,(H,29,33);1-2H3. The maximum atomic E-state index is 13.8. The number of benzene rings is 1. The number of amides is 1. The van der Waals surface area contributed by atoms with E-state index in [9.17, 15) is 14.4 Å². The average molecular weight is 523 g/mol. The van der Waals surface area contributed by atoms with Crippen LogP contribution in [-0.4, -0.2) is 41.6 Å². The Morgan fingerprint density at radius 2 is 1.92 bits per heavy atom. The van der Waals surface area contributed by atoms with E-state index in [4.69, 9.17) is 20.2 Å². The predicted octanol–water partition coefficient (Wildman–Crippen LogP) is 3.65. The van der Waals surface area contributed by atoms with Gasteiger partial charge in [-0.05, 0) is 48.2 Å². The molecule has 0 fully saturated rings. The second-order valence-corrected chi connectivity index (χ2v) is 8.83. The van der Waals surface area contributed by atoms with Crippen LogP contribution < -0.4 is 21.3 Å². The van der Waals surface area contributed by atoms with Crippen LogP contribution in [0.4, 0.5) is 0 Å². The number of nitrogens with two attached hydrogens (primary N) is 1. The van der Waals surface area contributed by atoms with E-state index in [2.05, 4.69) is 12.2 Å². The number of aromatic nitrogens is 2. The first-order valence-corrected chi connectivity index (χ1v) is 13.2. The first-order valence-electron chi connectivity index (χ1n) is 13.2. The molecule has 3 heterocycles. The fourth-order valence-corrected chi connectivity index (χ4v) is 4.98. The summed E-state index contributed by atoms with van der Waals surface area (Å²) in [4.78, 5) is 43.3. The molecule has 1 unspecified atom stereocenters. The van der Waals surface area contributed by atoms with Crippen molar-refractivity contribution in [2.75, 3.05) is 20.2 Å². The summed E-state index contributed by atoms with van der Waals surface area (Å²) in [6.45, 7) is 10.1. The fourth-order valence-electron chi connectivity index (χ4n) is 4.98. The maximum absolute atomic E-state index is 13.8. The lowest BCUT2D eigenvalue weighted by Gasteiger charge is -2.20. The summed E-state index contributed by atoms with van der Waals surface area (Å²) in [6, 6.07) is 7.62. The van der Waals surface area contributed by atoms with Crippen LogP contribution in [0.2, 0.25) is 0 Å². The van der Waals surface area contributed by atoms with E-state index in [0.717, 1.165) is 39.9 Å². The van der Waals surface area contributed by atoms with Gasteiger partial charge in [-0.15, -0.1) is 0 Å². The van der Waals surface area contributed by atoms with Crippen LogP contribution in [0.3, 0.4) is 0 Å². The highest BCUT2D eigenvalue weighted by molar-refractivity contribution is 5.89. The van der Waals surface area contributed by atoms with Gasteiger partial charge >= 0.3 is 5.97 Å². The summed E-state index contributed by atoms with van der Waals surface area (Å²) in [7, 11) is 1.63. The van der Waals surface area contributed by atoms with Crippen LogP contribution >= 0.6 is 0 Å². The van der Waals surface area contributed by atoms with Crippen LogP contribution in [0.1, 0.15) is 69.2 Å². The highest BCUT2D eigenvalue weighted by Gasteiger charge is 2.31. The minimum atomic E-state index is -0.597. The second-order valence-electron chi connectivity index (χ2n) is 8.83. The van der Waals surface area contributed by atoms with Gasteiger partial charge in [-0.25, -0.2) is 4.98 Å². The van der Waals surface area contributed by atoms with Gasteiger partial charge in [0.15, 0.2) is 0 Å². The summed E-state index contributed by atoms with van der Waals surface area (Å²) in [5.41, 5.74) is 10.4. The topological polar surface area (TPSA) is 126 Å². The zero-order chi connectivity index (χ0) is 28.0. The van der Waals surface area contributed by atoms with Gasteiger partial charge in [0.25, 0.3) is 5.56 Å². The number of pyridine rings is 2. The molecular weight excluding hydrogens is 484 g/mol. The Balaban J connectivity index is 0.00000195. The normalized spacial score (nSPS) is 12.2. The minimum Gasteiger partial charge on any atom is -0.497 e. The van der Waals surface area contributed by atoms with Crippen molar-refractivity contribution in [3.05, 3.63) is 56.9 Å². The lowest BCUT2D eigenvalue weighted by molar-refractivity contribution is -0.142. The maximum Gasteiger partial charge on any atom is 0.302 e. The molecule has 0 spiro atoms. The van der Waals surface area contributed by atoms with Crippen LogP contribution in [-0.2, 0) is 33.9 Å². The van der Waals surface area contributed by atoms with E-state index >= 15 is 0 Å². The molecule has 3 aromatic rings. The Labute approximate surface area is 223 Å². The van der Waals surface area contributed by atoms with Gasteiger partial charge in [0.05, 0.1) is 42.0 Å². The number of hydrogen-bond donors (Lipinski definition) is 2. The molecule has 1 aromatic carbocycles.